The molecule has 318 valence electrons. The van der Waals surface area contributed by atoms with Gasteiger partial charge in [-0.3, -0.25) is 0 Å². The summed E-state index contributed by atoms with van der Waals surface area (Å²) in [5, 5.41) is 13.9. The van der Waals surface area contributed by atoms with Crippen molar-refractivity contribution in [3.63, 3.8) is 0 Å². The summed E-state index contributed by atoms with van der Waals surface area (Å²) >= 11 is 1.70. The maximum Gasteiger partial charge on any atom is 0.164 e. The number of fused-ring (bicyclic) bond motifs is 6. The molecule has 0 radical (unpaired) electrons. The van der Waals surface area contributed by atoms with E-state index in [1.165, 1.54) is 64.3 Å². The minimum absolute atomic E-state index is 0.254. The number of hydrogen-bond acceptors (Lipinski definition) is 6. The van der Waals surface area contributed by atoms with Gasteiger partial charge < -0.3 is 0 Å². The van der Waals surface area contributed by atoms with Gasteiger partial charge in [-0.25, -0.2) is 19.9 Å². The van der Waals surface area contributed by atoms with Gasteiger partial charge in [0.25, 0.3) is 0 Å². The molecule has 5 nitrogen and oxygen atoms in total. The Morgan fingerprint density at radius 1 is 0.500 bits per heavy atom. The fourth-order valence-electron chi connectivity index (χ4n) is 11.8. The normalized spacial score (nSPS) is 19.3. The number of rotatable bonds is 7. The number of benzene rings is 7. The molecule has 0 amide bonds. The van der Waals surface area contributed by atoms with Gasteiger partial charge in [-0.15, -0.1) is 11.3 Å². The van der Waals surface area contributed by atoms with Crippen molar-refractivity contribution in [3.05, 3.63) is 181 Å². The van der Waals surface area contributed by atoms with Gasteiger partial charge in [0, 0.05) is 38.4 Å². The van der Waals surface area contributed by atoms with Gasteiger partial charge >= 0.3 is 0 Å². The van der Waals surface area contributed by atoms with Gasteiger partial charge in [0.05, 0.1) is 11.6 Å². The van der Waals surface area contributed by atoms with E-state index in [4.69, 9.17) is 19.9 Å². The minimum atomic E-state index is 0.254. The second kappa shape index (κ2) is 16.3. The Morgan fingerprint density at radius 3 is 1.59 bits per heavy atom. The average molecular weight is 870 g/mol. The SMILES string of the molecule is C[C@@H]1CC2C[C@H](C)CC(c3ccc(-c4nc(-c5ccc(-c6ccc(-c7ccc(-c8ccc(C#N)cc8)cc7)c7ccccc67)cc5)nc(-c5ccnc6sc7ccccc7c56)n4)cc3)(C2)C1. The molecule has 2 bridgehead atoms. The van der Waals surface area contributed by atoms with Crippen LogP contribution in [-0.4, -0.2) is 19.9 Å². The van der Waals surface area contributed by atoms with E-state index >= 15 is 0 Å². The summed E-state index contributed by atoms with van der Waals surface area (Å²) in [5.41, 5.74) is 12.1. The maximum atomic E-state index is 9.24. The van der Waals surface area contributed by atoms with E-state index < -0.39 is 0 Å². The summed E-state index contributed by atoms with van der Waals surface area (Å²) in [6, 6.07) is 60.3. The molecule has 0 aliphatic heterocycles. The lowest BCUT2D eigenvalue weighted by Gasteiger charge is -2.50. The van der Waals surface area contributed by atoms with E-state index in [1.54, 1.807) is 11.3 Å². The largest absolute Gasteiger partial charge is 0.245 e. The Hall–Kier alpha value is -7.33. The fraction of sp³-hybridized carbons (Fsp3) is 0.183. The van der Waals surface area contributed by atoms with E-state index in [1.807, 2.05) is 30.5 Å². The van der Waals surface area contributed by atoms with Gasteiger partial charge in [-0.1, -0.05) is 153 Å². The van der Waals surface area contributed by atoms with E-state index in [9.17, 15) is 5.26 Å². The van der Waals surface area contributed by atoms with Crippen molar-refractivity contribution in [1.29, 1.82) is 5.26 Å². The molecular weight excluding hydrogens is 823 g/mol. The Bertz CT molecular complexity index is 3470. The first kappa shape index (κ1) is 40.2. The second-order valence-corrected chi connectivity index (χ2v) is 20.0. The third-order valence-corrected chi connectivity index (χ3v) is 15.5. The van der Waals surface area contributed by atoms with Gasteiger partial charge in [-0.2, -0.15) is 5.26 Å². The molecule has 0 N–H and O–H groups in total. The lowest BCUT2D eigenvalue weighted by atomic mass is 9.54. The Labute approximate surface area is 389 Å². The first-order valence-electron chi connectivity index (χ1n) is 23.3. The van der Waals surface area contributed by atoms with Crippen LogP contribution in [0.5, 0.6) is 0 Å². The minimum Gasteiger partial charge on any atom is -0.245 e. The second-order valence-electron chi connectivity index (χ2n) is 19.0. The third-order valence-electron chi connectivity index (χ3n) is 14.5. The monoisotopic (exact) mass is 869 g/mol. The summed E-state index contributed by atoms with van der Waals surface area (Å²) in [6.45, 7) is 4.91. The molecule has 0 saturated heterocycles. The number of aromatic nitrogens is 4. The molecule has 2 saturated carbocycles. The smallest absolute Gasteiger partial charge is 0.164 e. The maximum absolute atomic E-state index is 9.24. The first-order chi connectivity index (χ1) is 32.4. The van der Waals surface area contributed by atoms with E-state index in [2.05, 4.69) is 159 Å². The van der Waals surface area contributed by atoms with Crippen LogP contribution in [0.2, 0.25) is 0 Å². The molecule has 2 aliphatic carbocycles. The summed E-state index contributed by atoms with van der Waals surface area (Å²) in [4.78, 5) is 21.5. The molecule has 2 unspecified atom stereocenters. The Balaban J connectivity index is 0.917. The van der Waals surface area contributed by atoms with Crippen LogP contribution >= 0.6 is 11.3 Å². The van der Waals surface area contributed by atoms with Crippen molar-refractivity contribution in [2.75, 3.05) is 0 Å². The molecular formula is C60H47N5S. The van der Waals surface area contributed by atoms with E-state index in [0.29, 0.717) is 23.0 Å². The zero-order valence-electron chi connectivity index (χ0n) is 37.1. The first-order valence-corrected chi connectivity index (χ1v) is 24.1. The molecule has 66 heavy (non-hydrogen) atoms. The molecule has 3 aromatic heterocycles. The predicted molar refractivity (Wildman–Crippen MR) is 272 cm³/mol. The van der Waals surface area contributed by atoms with Gasteiger partial charge in [0.15, 0.2) is 17.5 Å². The van der Waals surface area contributed by atoms with Crippen molar-refractivity contribution in [1.82, 2.24) is 19.9 Å². The van der Waals surface area contributed by atoms with Crippen LogP contribution in [0.3, 0.4) is 0 Å². The molecule has 7 aromatic carbocycles. The van der Waals surface area contributed by atoms with Crippen molar-refractivity contribution < 1.29 is 0 Å². The molecule has 12 rings (SSSR count). The highest BCUT2D eigenvalue weighted by atomic mass is 32.1. The zero-order chi connectivity index (χ0) is 44.4. The summed E-state index contributed by atoms with van der Waals surface area (Å²) < 4.78 is 1.20. The van der Waals surface area contributed by atoms with Crippen molar-refractivity contribution in [2.24, 2.45) is 17.8 Å². The average Bonchev–Trinajstić information content (AvgIpc) is 3.75. The highest BCUT2D eigenvalue weighted by Crippen LogP contribution is 2.54. The van der Waals surface area contributed by atoms with Crippen LogP contribution in [-0.2, 0) is 5.41 Å². The molecule has 2 fully saturated rings. The van der Waals surface area contributed by atoms with Gasteiger partial charge in [0.1, 0.15) is 4.83 Å². The summed E-state index contributed by atoms with van der Waals surface area (Å²) in [7, 11) is 0. The summed E-state index contributed by atoms with van der Waals surface area (Å²) in [5.74, 6) is 4.30. The number of nitriles is 1. The lowest BCUT2D eigenvalue weighted by Crippen LogP contribution is -2.42. The molecule has 0 spiro atoms. The van der Waals surface area contributed by atoms with Crippen LogP contribution in [0.25, 0.3) is 98.6 Å². The molecule has 10 aromatic rings. The van der Waals surface area contributed by atoms with Crippen LogP contribution in [0.4, 0.5) is 0 Å². The Morgan fingerprint density at radius 2 is 1.00 bits per heavy atom. The topological polar surface area (TPSA) is 75.3 Å². The van der Waals surface area contributed by atoms with Crippen LogP contribution in [0.1, 0.15) is 57.1 Å². The van der Waals surface area contributed by atoms with Crippen LogP contribution in [0, 0.1) is 29.1 Å². The lowest BCUT2D eigenvalue weighted by molar-refractivity contribution is 0.0780. The highest BCUT2D eigenvalue weighted by molar-refractivity contribution is 7.25. The summed E-state index contributed by atoms with van der Waals surface area (Å²) in [6.07, 6.45) is 8.46. The fourth-order valence-corrected chi connectivity index (χ4v) is 12.9. The van der Waals surface area contributed by atoms with Crippen LogP contribution in [0.15, 0.2) is 170 Å². The zero-order valence-corrected chi connectivity index (χ0v) is 37.9. The third kappa shape index (κ3) is 7.16. The number of hydrogen-bond donors (Lipinski definition) is 0. The number of nitrogens with zero attached hydrogens (tertiary/aromatic N) is 5. The van der Waals surface area contributed by atoms with E-state index in [0.717, 1.165) is 72.3 Å². The molecule has 2 aliphatic rings. The molecule has 3 heterocycles. The van der Waals surface area contributed by atoms with Crippen molar-refractivity contribution in [2.45, 2.75) is 51.4 Å². The molecule has 6 heteroatoms. The van der Waals surface area contributed by atoms with Gasteiger partial charge in [0.2, 0.25) is 0 Å². The quantitative estimate of drug-likeness (QED) is 0.159. The molecule has 4 atom stereocenters. The highest BCUT2D eigenvalue weighted by Gasteiger charge is 2.45. The predicted octanol–water partition coefficient (Wildman–Crippen LogP) is 15.8. The van der Waals surface area contributed by atoms with Crippen molar-refractivity contribution in [3.8, 4) is 73.6 Å². The van der Waals surface area contributed by atoms with Crippen LogP contribution < -0.4 is 0 Å². The van der Waals surface area contributed by atoms with Gasteiger partial charge in [-0.05, 0) is 129 Å². The number of thiophene rings is 1. The number of pyridine rings is 1. The Kier molecular flexibility index (Phi) is 9.91. The van der Waals surface area contributed by atoms with E-state index in [-0.39, 0.29) is 5.41 Å². The van der Waals surface area contributed by atoms with Crippen molar-refractivity contribution >= 4 is 42.4 Å². The standard InChI is InChI=1S/C60H47N5S/c1-37-31-40-32-38(2)34-60(33-37,35-40)47-25-23-46(24-26-47)57-63-56(64-58(65-57)53-29-30-62-59-55(53)52-9-5-6-10-54(52)66-59)45-21-19-44(20-22-45)49-28-27-48(50-7-3-4-8-51(49)50)43-17-15-42(16-18-43)41-13-11-39(36-61)12-14-41/h3-30,37-38,40H,31-35H2,1-2H3/t37-,38+,40?,60?.